The molecule has 0 saturated carbocycles. The second-order valence-electron chi connectivity index (χ2n) is 6.85. The molecule has 1 heterocycles. The highest BCUT2D eigenvalue weighted by Gasteiger charge is 2.09. The molecule has 0 unspecified atom stereocenters. The Hall–Kier alpha value is -2.28. The van der Waals surface area contributed by atoms with Gasteiger partial charge in [0, 0.05) is 19.9 Å². The number of rotatable bonds is 4. The Labute approximate surface area is 196 Å². The third-order valence-electron chi connectivity index (χ3n) is 4.79. The second-order valence-corrected chi connectivity index (χ2v) is 9.52. The van der Waals surface area contributed by atoms with E-state index in [1.165, 1.54) is 11.1 Å². The lowest BCUT2D eigenvalue weighted by Gasteiger charge is -2.06. The Morgan fingerprint density at radius 1 is 0.900 bits per heavy atom. The molecule has 0 bridgehead atoms. The van der Waals surface area contributed by atoms with Gasteiger partial charge < -0.3 is 0 Å². The van der Waals surface area contributed by atoms with E-state index in [2.05, 4.69) is 69.3 Å². The van der Waals surface area contributed by atoms with Gasteiger partial charge >= 0.3 is 0 Å². The second kappa shape index (κ2) is 9.25. The van der Waals surface area contributed by atoms with Crippen LogP contribution in [0.15, 0.2) is 91.1 Å². The molecule has 3 nitrogen and oxygen atoms in total. The number of nitrogens with zero attached hydrogens (tertiary/aromatic N) is 3. The van der Waals surface area contributed by atoms with Gasteiger partial charge in [0.25, 0.3) is 0 Å². The van der Waals surface area contributed by atoms with Crippen molar-refractivity contribution >= 4 is 55.1 Å². The van der Waals surface area contributed by atoms with E-state index in [1.54, 1.807) is 11.3 Å². The summed E-state index contributed by atoms with van der Waals surface area (Å²) in [5, 5.41) is 6.90. The van der Waals surface area contributed by atoms with E-state index in [9.17, 15) is 0 Å². The molecule has 0 atom stereocenters. The molecule has 3 aromatic carbocycles. The van der Waals surface area contributed by atoms with E-state index in [-0.39, 0.29) is 0 Å². The highest BCUT2D eigenvalue weighted by Crippen LogP contribution is 2.25. The molecule has 0 spiro atoms. The van der Waals surface area contributed by atoms with Gasteiger partial charge in [0.2, 0.25) is 4.80 Å². The van der Waals surface area contributed by atoms with Crippen LogP contribution in [0.4, 0.5) is 5.69 Å². The van der Waals surface area contributed by atoms with Crippen molar-refractivity contribution in [3.63, 3.8) is 0 Å². The van der Waals surface area contributed by atoms with Crippen molar-refractivity contribution in [3.8, 4) is 11.3 Å². The maximum Gasteiger partial charge on any atom is 0.211 e. The molecule has 0 amide bonds. The lowest BCUT2D eigenvalue weighted by molar-refractivity contribution is 0.854. The zero-order valence-corrected chi connectivity index (χ0v) is 20.5. The first kappa shape index (κ1) is 21.0. The van der Waals surface area contributed by atoms with E-state index in [4.69, 9.17) is 10.1 Å². The van der Waals surface area contributed by atoms with Crippen molar-refractivity contribution in [2.24, 2.45) is 10.1 Å². The molecular weight excluding hydrogens is 522 g/mol. The molecular formula is C24H19Br2N3S. The first-order valence-electron chi connectivity index (χ1n) is 9.38. The van der Waals surface area contributed by atoms with Crippen LogP contribution in [0.3, 0.4) is 0 Å². The molecule has 0 aliphatic carbocycles. The van der Waals surface area contributed by atoms with E-state index in [0.29, 0.717) is 0 Å². The van der Waals surface area contributed by atoms with Crippen LogP contribution in [-0.4, -0.2) is 10.9 Å². The van der Waals surface area contributed by atoms with Gasteiger partial charge in [0.1, 0.15) is 0 Å². The number of thiazole rings is 1. The lowest BCUT2D eigenvalue weighted by atomic mass is 10.1. The van der Waals surface area contributed by atoms with E-state index >= 15 is 0 Å². The highest BCUT2D eigenvalue weighted by atomic mass is 79.9. The van der Waals surface area contributed by atoms with Gasteiger partial charge in [0.15, 0.2) is 0 Å². The fourth-order valence-corrected chi connectivity index (χ4v) is 4.48. The standard InChI is InChI=1S/C24H19Br2N3S/c1-16-5-3-8-22(17(16)2)28-24-29(27-14-18-9-11-20(25)12-10-18)23(15-30-24)19-6-4-7-21(26)13-19/h3-15H,1-2H3. The number of benzene rings is 3. The minimum absolute atomic E-state index is 0.826. The lowest BCUT2D eigenvalue weighted by Crippen LogP contribution is -2.11. The summed E-state index contributed by atoms with van der Waals surface area (Å²) in [5.41, 5.74) is 6.47. The predicted octanol–water partition coefficient (Wildman–Crippen LogP) is 7.47. The molecule has 6 heteroatoms. The third-order valence-corrected chi connectivity index (χ3v) is 6.63. The first-order chi connectivity index (χ1) is 14.5. The number of hydrogen-bond donors (Lipinski definition) is 0. The van der Waals surface area contributed by atoms with Crippen LogP contribution in [0.1, 0.15) is 16.7 Å². The highest BCUT2D eigenvalue weighted by molar-refractivity contribution is 9.10. The summed E-state index contributed by atoms with van der Waals surface area (Å²) in [6.07, 6.45) is 1.86. The van der Waals surface area contributed by atoms with Crippen LogP contribution in [0, 0.1) is 13.8 Å². The molecule has 0 saturated heterocycles. The monoisotopic (exact) mass is 539 g/mol. The quantitative estimate of drug-likeness (QED) is 0.240. The van der Waals surface area contributed by atoms with Crippen LogP contribution in [0.25, 0.3) is 11.3 Å². The topological polar surface area (TPSA) is 29.6 Å². The first-order valence-corrected chi connectivity index (χ1v) is 11.9. The molecule has 150 valence electrons. The Morgan fingerprint density at radius 3 is 2.43 bits per heavy atom. The summed E-state index contributed by atoms with van der Waals surface area (Å²) in [4.78, 5) is 5.77. The summed E-state index contributed by atoms with van der Waals surface area (Å²) in [6, 6.07) is 22.5. The van der Waals surface area contributed by atoms with Crippen LogP contribution in [0.2, 0.25) is 0 Å². The van der Waals surface area contributed by atoms with Gasteiger partial charge in [-0.1, -0.05) is 68.3 Å². The molecule has 0 fully saturated rings. The van der Waals surface area contributed by atoms with Gasteiger partial charge in [-0.3, -0.25) is 0 Å². The van der Waals surface area contributed by atoms with Gasteiger partial charge in [-0.15, -0.1) is 11.3 Å². The van der Waals surface area contributed by atoms with Crippen molar-refractivity contribution < 1.29 is 0 Å². The molecule has 1 aromatic heterocycles. The van der Waals surface area contributed by atoms with Crippen LogP contribution in [-0.2, 0) is 0 Å². The minimum Gasteiger partial charge on any atom is -0.219 e. The van der Waals surface area contributed by atoms with E-state index in [0.717, 1.165) is 36.3 Å². The largest absolute Gasteiger partial charge is 0.219 e. The molecule has 0 N–H and O–H groups in total. The van der Waals surface area contributed by atoms with E-state index < -0.39 is 0 Å². The summed E-state index contributed by atoms with van der Waals surface area (Å²) >= 11 is 8.63. The summed E-state index contributed by atoms with van der Waals surface area (Å²) in [5.74, 6) is 0. The van der Waals surface area contributed by atoms with Crippen molar-refractivity contribution in [2.75, 3.05) is 0 Å². The third kappa shape index (κ3) is 4.72. The van der Waals surface area contributed by atoms with Crippen LogP contribution >= 0.6 is 43.2 Å². The van der Waals surface area contributed by atoms with Crippen molar-refractivity contribution in [3.05, 3.63) is 103 Å². The van der Waals surface area contributed by atoms with Crippen molar-refractivity contribution in [2.45, 2.75) is 13.8 Å². The zero-order valence-electron chi connectivity index (χ0n) is 16.5. The molecule has 0 radical (unpaired) electrons. The summed E-state index contributed by atoms with van der Waals surface area (Å²) < 4.78 is 3.99. The van der Waals surface area contributed by atoms with Gasteiger partial charge in [-0.05, 0) is 60.9 Å². The average Bonchev–Trinajstić information content (AvgIpc) is 3.13. The van der Waals surface area contributed by atoms with Crippen molar-refractivity contribution in [1.82, 2.24) is 4.68 Å². The van der Waals surface area contributed by atoms with E-state index in [1.807, 2.05) is 59.4 Å². The van der Waals surface area contributed by atoms with Gasteiger partial charge in [-0.2, -0.15) is 5.10 Å². The molecule has 4 rings (SSSR count). The molecule has 0 aliphatic heterocycles. The minimum atomic E-state index is 0.826. The summed E-state index contributed by atoms with van der Waals surface area (Å²) in [6.45, 7) is 4.21. The van der Waals surface area contributed by atoms with Crippen LogP contribution < -0.4 is 4.80 Å². The Balaban J connectivity index is 1.87. The van der Waals surface area contributed by atoms with Gasteiger partial charge in [-0.25, -0.2) is 9.67 Å². The number of halogens is 2. The number of aryl methyl sites for hydroxylation is 1. The normalized spacial score (nSPS) is 12.1. The smallest absolute Gasteiger partial charge is 0.211 e. The van der Waals surface area contributed by atoms with Crippen molar-refractivity contribution in [1.29, 1.82) is 0 Å². The zero-order chi connectivity index (χ0) is 21.1. The Kier molecular flexibility index (Phi) is 6.46. The van der Waals surface area contributed by atoms with Gasteiger partial charge in [0.05, 0.1) is 17.6 Å². The summed E-state index contributed by atoms with van der Waals surface area (Å²) in [7, 11) is 0. The fraction of sp³-hybridized carbons (Fsp3) is 0.0833. The predicted molar refractivity (Wildman–Crippen MR) is 134 cm³/mol. The Morgan fingerprint density at radius 2 is 1.67 bits per heavy atom. The number of aromatic nitrogens is 1. The fourth-order valence-electron chi connectivity index (χ4n) is 2.97. The molecule has 4 aromatic rings. The number of hydrogen-bond acceptors (Lipinski definition) is 3. The maximum absolute atomic E-state index is 4.94. The SMILES string of the molecule is Cc1cccc(N=c2scc(-c3cccc(Br)c3)n2N=Cc2ccc(Br)cc2)c1C. The average molecular weight is 541 g/mol. The molecule has 0 aliphatic rings. The Bertz CT molecular complexity index is 1280. The maximum atomic E-state index is 4.94. The van der Waals surface area contributed by atoms with Crippen LogP contribution in [0.5, 0.6) is 0 Å². The molecule has 30 heavy (non-hydrogen) atoms.